The van der Waals surface area contributed by atoms with Crippen molar-refractivity contribution in [3.05, 3.63) is 30.1 Å². The average molecular weight is 1740 g/mol. The largest absolute Gasteiger partial charge is 0.401 e. The van der Waals surface area contributed by atoms with Gasteiger partial charge in [0.15, 0.2) is 0 Å². The zero-order chi connectivity index (χ0) is 91.1. The number of piperidine rings is 4. The zero-order valence-corrected chi connectivity index (χ0v) is 82.4. The number of halogens is 7. The van der Waals surface area contributed by atoms with Crippen LogP contribution >= 0.6 is 0 Å². The molecule has 0 atom stereocenters. The van der Waals surface area contributed by atoms with Gasteiger partial charge in [0.2, 0.25) is 0 Å². The van der Waals surface area contributed by atoms with Gasteiger partial charge in [-0.2, -0.15) is 13.2 Å². The molecule has 19 nitrogen and oxygen atoms in total. The SMILES string of the molecule is C.CC(C)(C)CN1CCOCC1.CC(C)(C)NC1(C)COC1.CC(C)(C)NC1COC1.CC(C)(C)NCC1CCN(CC(F)(F)F)CC1.CC(C)(C)NCC1CCN(CC(F)F)CC1.CC(C)(C)NCC1CCN(CC2CC2)CC1.CC(C)(C)NCCN1CCC(F)(F)CC1.CC(C)(C)NCc1cccnc1.CN1CCN(CCNC(C)(C)C)CC1. The average Bonchev–Trinajstić information content (AvgIpc) is 1.08. The number of nitrogens with zero attached hydrogens (tertiary/aromatic N) is 8. The summed E-state index contributed by atoms with van der Waals surface area (Å²) in [6.45, 7) is 89.8. The molecule has 9 aliphatic rings. The Morgan fingerprint density at radius 2 is 0.851 bits per heavy atom. The molecule has 10 rings (SSSR count). The molecule has 0 aromatic carbocycles. The lowest BCUT2D eigenvalue weighted by atomic mass is 9.95. The quantitative estimate of drug-likeness (QED) is 0.0518. The Labute approximate surface area is 739 Å². The lowest BCUT2D eigenvalue weighted by Gasteiger charge is -2.43. The van der Waals surface area contributed by atoms with E-state index in [0.29, 0.717) is 49.5 Å². The highest BCUT2D eigenvalue weighted by Crippen LogP contribution is 2.32. The topological polar surface area (TPSA) is 160 Å². The van der Waals surface area contributed by atoms with Crippen molar-refractivity contribution in [1.82, 2.24) is 81.8 Å². The molecule has 8 N–H and O–H groups in total. The minimum absolute atomic E-state index is 0. The number of pyridine rings is 1. The highest BCUT2D eigenvalue weighted by Gasteiger charge is 2.38. The molecular weight excluding hydrogens is 1550 g/mol. The van der Waals surface area contributed by atoms with Crippen LogP contribution in [0, 0.1) is 29.1 Å². The van der Waals surface area contributed by atoms with Gasteiger partial charge >= 0.3 is 6.18 Å². The van der Waals surface area contributed by atoms with Gasteiger partial charge in [-0.25, -0.2) is 17.6 Å². The van der Waals surface area contributed by atoms with Crippen molar-refractivity contribution >= 4 is 0 Å². The number of rotatable bonds is 22. The maximum absolute atomic E-state index is 12.8. The summed E-state index contributed by atoms with van der Waals surface area (Å²) in [7, 11) is 2.20. The van der Waals surface area contributed by atoms with E-state index in [4.69, 9.17) is 14.2 Å². The number of likely N-dealkylation sites (N-methyl/N-ethyl adjacent to an activating group) is 1. The maximum atomic E-state index is 12.8. The van der Waals surface area contributed by atoms with Crippen molar-refractivity contribution < 1.29 is 44.9 Å². The summed E-state index contributed by atoms with van der Waals surface area (Å²) >= 11 is 0. The summed E-state index contributed by atoms with van der Waals surface area (Å²) in [6.07, 6.45) is 7.04. The molecule has 1 aromatic heterocycles. The third-order valence-corrected chi connectivity index (χ3v) is 21.4. The number of hydrogen-bond donors (Lipinski definition) is 8. The predicted octanol–water partition coefficient (Wildman–Crippen LogP) is 16.1. The normalized spacial score (nSPS) is 21.0. The van der Waals surface area contributed by atoms with Gasteiger partial charge in [-0.3, -0.25) is 24.6 Å². The second-order valence-corrected chi connectivity index (χ2v) is 45.7. The summed E-state index contributed by atoms with van der Waals surface area (Å²) in [5.74, 6) is 0.708. The van der Waals surface area contributed by atoms with E-state index >= 15 is 0 Å². The van der Waals surface area contributed by atoms with E-state index in [1.807, 2.05) is 17.2 Å². The highest BCUT2D eigenvalue weighted by molar-refractivity contribution is 5.08. The molecule has 1 aliphatic carbocycles. The summed E-state index contributed by atoms with van der Waals surface area (Å²) in [4.78, 5) is 19.6. The van der Waals surface area contributed by atoms with Crippen LogP contribution in [0.3, 0.4) is 0 Å². The number of piperazine rings is 1. The van der Waals surface area contributed by atoms with Crippen LogP contribution in [0.25, 0.3) is 0 Å². The van der Waals surface area contributed by atoms with E-state index in [0.717, 1.165) is 143 Å². The maximum Gasteiger partial charge on any atom is 0.401 e. The Hall–Kier alpha value is -2.06. The Kier molecular flexibility index (Phi) is 54.0. The summed E-state index contributed by atoms with van der Waals surface area (Å²) in [6, 6.07) is 4.64. The molecule has 720 valence electrons. The van der Waals surface area contributed by atoms with Crippen LogP contribution < -0.4 is 42.5 Å². The van der Waals surface area contributed by atoms with Gasteiger partial charge in [0.1, 0.15) is 0 Å². The third-order valence-electron chi connectivity index (χ3n) is 21.4. The van der Waals surface area contributed by atoms with Gasteiger partial charge in [0, 0.05) is 168 Å². The van der Waals surface area contributed by atoms with Crippen molar-refractivity contribution in [3.63, 3.8) is 0 Å². The fourth-order valence-electron chi connectivity index (χ4n) is 14.5. The number of morpholine rings is 1. The van der Waals surface area contributed by atoms with Crippen molar-refractivity contribution in [3.8, 4) is 0 Å². The minimum atomic E-state index is -4.06. The van der Waals surface area contributed by atoms with Gasteiger partial charge in [0.05, 0.1) is 64.3 Å². The first-order valence-electron chi connectivity index (χ1n) is 46.4. The van der Waals surface area contributed by atoms with E-state index in [9.17, 15) is 30.7 Å². The predicted molar refractivity (Wildman–Crippen MR) is 499 cm³/mol. The van der Waals surface area contributed by atoms with Gasteiger partial charge < -0.3 is 71.4 Å². The molecule has 26 heteroatoms. The van der Waals surface area contributed by atoms with Gasteiger partial charge in [-0.1, -0.05) is 34.3 Å². The van der Waals surface area contributed by atoms with E-state index in [1.165, 1.54) is 102 Å². The van der Waals surface area contributed by atoms with E-state index in [-0.39, 0.29) is 76.7 Å². The molecule has 9 heterocycles. The molecule has 0 radical (unpaired) electrons. The van der Waals surface area contributed by atoms with Gasteiger partial charge in [0.25, 0.3) is 12.3 Å². The first-order valence-corrected chi connectivity index (χ1v) is 46.4. The molecular formula is C95H193F7N16O3. The molecule has 8 aliphatic heterocycles. The fourth-order valence-corrected chi connectivity index (χ4v) is 14.5. The first-order chi connectivity index (χ1) is 55.0. The van der Waals surface area contributed by atoms with Crippen LogP contribution in [0.1, 0.15) is 271 Å². The van der Waals surface area contributed by atoms with E-state index in [1.54, 1.807) is 6.20 Å². The number of nitrogens with one attached hydrogen (secondary N) is 8. The zero-order valence-electron chi connectivity index (χ0n) is 82.4. The molecule has 0 spiro atoms. The van der Waals surface area contributed by atoms with Crippen LogP contribution in [0.15, 0.2) is 24.5 Å². The molecule has 0 unspecified atom stereocenters. The standard InChI is InChI=1S/C14H28N2.C12H23F3N2.C12H24F2N2.C11H22F2N2.C11H25N3.C10H16N2.C9H19NO.C8H17NO.C7H15NO.CH4/c1-14(2,3)15-10-12-6-8-16(9-7-12)11-13-4-5-13;1-11(2,3)16-8-10-4-6-17(7-5-10)9-12(13,14)15;1-12(2,3)15-8-10-4-6-16(7-5-10)9-11(13)14;1-10(2,3)14-6-9-15-7-4-11(12,13)5-8-15;1-11(2,3)12-5-6-14-9-7-13(4)8-10-14;1-10(2,3)12-8-9-5-4-6-11-7-9;1-9(2,3)8-10-4-6-11-7-5-10;1-7(2,3)9-8(4)5-10-6-8;1-7(2,3)8-6-4-9-5-6;/h12-13,15H,4-11H2,1-3H3;10,16H,4-9H2,1-3H3;10-11,15H,4-9H2,1-3H3;14H,4-9H2,1-3H3;12H,5-10H2,1-4H3;4-7,12H,8H2,1-3H3;4-8H2,1-3H3;9H,5-6H2,1-4H3;6,8H,4-5H2,1-3H3;1H4. The summed E-state index contributed by atoms with van der Waals surface area (Å²) < 4.78 is 102. The van der Waals surface area contributed by atoms with E-state index in [2.05, 4.69) is 279 Å². The minimum Gasteiger partial charge on any atom is -0.379 e. The molecule has 1 aromatic rings. The monoisotopic (exact) mass is 1740 g/mol. The lowest BCUT2D eigenvalue weighted by Crippen LogP contribution is -2.63. The Morgan fingerprint density at radius 3 is 1.17 bits per heavy atom. The molecule has 1 saturated carbocycles. The molecule has 9 fully saturated rings. The van der Waals surface area contributed by atoms with Crippen molar-refractivity contribution in [2.75, 3.05) is 210 Å². The highest BCUT2D eigenvalue weighted by atomic mass is 19.4. The number of aromatic nitrogens is 1. The van der Waals surface area contributed by atoms with Crippen LogP contribution in [-0.4, -0.2) is 324 Å². The van der Waals surface area contributed by atoms with Crippen molar-refractivity contribution in [2.45, 2.75) is 346 Å². The Balaban J connectivity index is 0.000000684. The lowest BCUT2D eigenvalue weighted by molar-refractivity contribution is -0.148. The number of alkyl halides is 7. The van der Waals surface area contributed by atoms with Crippen LogP contribution in [0.2, 0.25) is 0 Å². The van der Waals surface area contributed by atoms with Crippen molar-refractivity contribution in [2.24, 2.45) is 29.1 Å². The fraction of sp³-hybridized carbons (Fsp3) is 0.947. The van der Waals surface area contributed by atoms with Gasteiger partial charge in [-0.15, -0.1) is 0 Å². The summed E-state index contributed by atoms with van der Waals surface area (Å²) in [5.41, 5.74) is 3.41. The van der Waals surface area contributed by atoms with Gasteiger partial charge in [-0.05, 0) is 331 Å². The molecule has 8 saturated heterocycles. The molecule has 0 amide bonds. The second-order valence-electron chi connectivity index (χ2n) is 45.7. The number of likely N-dealkylation sites (tertiary alicyclic amines) is 4. The molecule has 0 bridgehead atoms. The second kappa shape index (κ2) is 55.8. The third kappa shape index (κ3) is 70.5. The smallest absolute Gasteiger partial charge is 0.379 e. The number of hydrogen-bond acceptors (Lipinski definition) is 19. The van der Waals surface area contributed by atoms with Crippen LogP contribution in [0.5, 0.6) is 0 Å². The summed E-state index contributed by atoms with van der Waals surface area (Å²) in [5, 5.41) is 27.8. The van der Waals surface area contributed by atoms with E-state index < -0.39 is 25.1 Å². The van der Waals surface area contributed by atoms with Crippen molar-refractivity contribution in [1.29, 1.82) is 0 Å². The number of ether oxygens (including phenoxy) is 3. The van der Waals surface area contributed by atoms with Crippen LogP contribution in [-0.2, 0) is 20.8 Å². The Morgan fingerprint density at radius 1 is 0.446 bits per heavy atom. The van der Waals surface area contributed by atoms with Crippen LogP contribution in [0.4, 0.5) is 30.7 Å². The molecule has 121 heavy (non-hydrogen) atoms. The first kappa shape index (κ1) is 117. The Bertz CT molecular complexity index is 2640.